The molecule has 236 valence electrons. The third kappa shape index (κ3) is 4.98. The largest absolute Gasteiger partial charge is 0.507 e. The Labute approximate surface area is 251 Å². The van der Waals surface area contributed by atoms with Crippen LogP contribution in [0.25, 0.3) is 0 Å². The molecule has 4 rings (SSSR count). The van der Waals surface area contributed by atoms with E-state index in [0.717, 1.165) is 0 Å². The van der Waals surface area contributed by atoms with Crippen LogP contribution in [-0.2, 0) is 32.1 Å². The molecule has 1 amide bonds. The number of likely N-dealkylation sites (N-methyl/N-ethyl adjacent to an activating group) is 2. The van der Waals surface area contributed by atoms with Crippen LogP contribution in [0.4, 0.5) is 0 Å². The molecule has 0 saturated heterocycles. The van der Waals surface area contributed by atoms with Crippen LogP contribution in [0.2, 0.25) is 0 Å². The van der Waals surface area contributed by atoms with Crippen molar-refractivity contribution in [3.63, 3.8) is 0 Å². The van der Waals surface area contributed by atoms with Crippen molar-refractivity contribution < 1.29 is 44.0 Å². The molecule has 0 aromatic heterocycles. The van der Waals surface area contributed by atoms with Crippen molar-refractivity contribution >= 4 is 29.0 Å². The molecule has 0 radical (unpaired) electrons. The number of carbonyl (C=O) groups excluding carboxylic acids is 5. The van der Waals surface area contributed by atoms with Crippen LogP contribution in [-0.4, -0.2) is 106 Å². The molecular formula is C31H43N3O9. The number of hydrogen-bond donors (Lipinski definition) is 4. The van der Waals surface area contributed by atoms with E-state index in [4.69, 9.17) is 10.5 Å². The molecule has 0 bridgehead atoms. The Morgan fingerprint density at radius 3 is 2.30 bits per heavy atom. The zero-order valence-electron chi connectivity index (χ0n) is 25.8. The number of ether oxygens (including phenoxy) is 1. The molecule has 0 spiro atoms. The van der Waals surface area contributed by atoms with E-state index in [1.165, 1.54) is 18.1 Å². The predicted octanol–water partition coefficient (Wildman–Crippen LogP) is 0.105. The van der Waals surface area contributed by atoms with Gasteiger partial charge in [-0.25, -0.2) is 0 Å². The second-order valence-corrected chi connectivity index (χ2v) is 13.4. The van der Waals surface area contributed by atoms with Crippen LogP contribution >= 0.6 is 0 Å². The molecule has 1 aromatic carbocycles. The maximum Gasteiger partial charge on any atom is 0.235 e. The molecule has 0 aliphatic heterocycles. The normalized spacial score (nSPS) is 29.8. The minimum Gasteiger partial charge on any atom is -0.507 e. The molecular weight excluding hydrogens is 558 g/mol. The number of Topliss-reactive ketones (excluding diaryl/α,β-unsaturated/α-hetero) is 4. The summed E-state index contributed by atoms with van der Waals surface area (Å²) in [5.74, 6) is -10.6. The molecule has 5 N–H and O–H groups in total. The number of fused-ring (bicyclic) bond motifs is 3. The first kappa shape index (κ1) is 32.7. The summed E-state index contributed by atoms with van der Waals surface area (Å²) in [7, 11) is 4.53. The van der Waals surface area contributed by atoms with Gasteiger partial charge in [0.2, 0.25) is 5.91 Å². The molecule has 3 aliphatic carbocycles. The summed E-state index contributed by atoms with van der Waals surface area (Å²) in [5.41, 5.74) is 3.20. The number of nitrogens with zero attached hydrogens (tertiary/aromatic N) is 2. The Morgan fingerprint density at radius 2 is 1.81 bits per heavy atom. The lowest BCUT2D eigenvalue weighted by atomic mass is 9.52. The van der Waals surface area contributed by atoms with Gasteiger partial charge in [0, 0.05) is 29.6 Å². The van der Waals surface area contributed by atoms with Crippen molar-refractivity contribution in [3.05, 3.63) is 22.8 Å². The van der Waals surface area contributed by atoms with Gasteiger partial charge in [0.15, 0.2) is 34.7 Å². The number of ketones is 4. The van der Waals surface area contributed by atoms with Crippen molar-refractivity contribution in [3.8, 4) is 11.5 Å². The number of hydrogen-bond acceptors (Lipinski definition) is 11. The smallest absolute Gasteiger partial charge is 0.235 e. The van der Waals surface area contributed by atoms with Crippen LogP contribution in [0.15, 0.2) is 6.07 Å². The quantitative estimate of drug-likeness (QED) is 0.296. The van der Waals surface area contributed by atoms with Gasteiger partial charge in [0.1, 0.15) is 11.5 Å². The van der Waals surface area contributed by atoms with E-state index >= 15 is 0 Å². The fourth-order valence-corrected chi connectivity index (χ4v) is 7.69. The lowest BCUT2D eigenvalue weighted by Gasteiger charge is -2.52. The molecule has 7 atom stereocenters. The monoisotopic (exact) mass is 601 g/mol. The van der Waals surface area contributed by atoms with E-state index in [9.17, 15) is 39.3 Å². The Morgan fingerprint density at radius 1 is 1.19 bits per heavy atom. The number of aliphatic hydroxyl groups excluding tert-OH is 1. The first-order valence-corrected chi connectivity index (χ1v) is 14.6. The van der Waals surface area contributed by atoms with Crippen molar-refractivity contribution in [1.82, 2.24) is 9.80 Å². The van der Waals surface area contributed by atoms with Gasteiger partial charge in [-0.05, 0) is 50.9 Å². The van der Waals surface area contributed by atoms with Crippen molar-refractivity contribution in [2.45, 2.75) is 64.8 Å². The molecule has 0 heterocycles. The Kier molecular flexibility index (Phi) is 8.66. The van der Waals surface area contributed by atoms with Crippen molar-refractivity contribution in [2.75, 3.05) is 34.4 Å². The number of phenolic OH excluding ortho intramolecular Hbond substituents is 1. The Bertz CT molecular complexity index is 1370. The summed E-state index contributed by atoms with van der Waals surface area (Å²) in [6.07, 6.45) is 0.0565. The molecule has 3 aliphatic rings. The van der Waals surface area contributed by atoms with E-state index in [2.05, 4.69) is 4.90 Å². The van der Waals surface area contributed by atoms with Gasteiger partial charge in [-0.2, -0.15) is 0 Å². The molecule has 2 fully saturated rings. The van der Waals surface area contributed by atoms with Gasteiger partial charge >= 0.3 is 0 Å². The summed E-state index contributed by atoms with van der Waals surface area (Å²) in [6, 6.07) is 0.0265. The maximum atomic E-state index is 14.0. The first-order valence-electron chi connectivity index (χ1n) is 14.6. The molecule has 1 aromatic rings. The average molecular weight is 602 g/mol. The zero-order chi connectivity index (χ0) is 32.3. The fourth-order valence-electron chi connectivity index (χ4n) is 7.69. The molecule has 12 heteroatoms. The maximum absolute atomic E-state index is 14.0. The lowest BCUT2D eigenvalue weighted by molar-refractivity contribution is -0.181. The van der Waals surface area contributed by atoms with Gasteiger partial charge in [-0.15, -0.1) is 0 Å². The highest BCUT2D eigenvalue weighted by atomic mass is 16.5. The van der Waals surface area contributed by atoms with E-state index in [0.29, 0.717) is 30.0 Å². The minimum absolute atomic E-state index is 0.0459. The number of primary amides is 1. The third-order valence-corrected chi connectivity index (χ3v) is 9.69. The number of methoxy groups -OCH3 is 1. The standard InChI is InChI=1S/C31H43N3O9/c1-8-34(19(13-35)30(2,3)4)12-15-11-18(36)21-16(26(15)43-7)9-14-10-17-23(33(5)6)25(38)22(29(32)41)28(40)31(17,42)27(39)20(14)24(21)37/h11,14,17,19-20,22-23,35-36,42H,8-10,12-13H2,1-7H3,(H2,32,41)/t14-,17-,19+,20?,22?,23-,31-/m0/s1. The number of amides is 1. The summed E-state index contributed by atoms with van der Waals surface area (Å²) < 4.78 is 5.80. The molecule has 12 nitrogen and oxygen atoms in total. The molecule has 43 heavy (non-hydrogen) atoms. The minimum atomic E-state index is -2.77. The Hall–Kier alpha value is -3.19. The van der Waals surface area contributed by atoms with E-state index in [-0.39, 0.29) is 42.2 Å². The van der Waals surface area contributed by atoms with Gasteiger partial charge in [-0.3, -0.25) is 33.8 Å². The predicted molar refractivity (Wildman–Crippen MR) is 154 cm³/mol. The van der Waals surface area contributed by atoms with Gasteiger partial charge < -0.3 is 25.8 Å². The molecule has 2 saturated carbocycles. The number of aromatic hydroxyl groups is 1. The van der Waals surface area contributed by atoms with Crippen LogP contribution in [0.3, 0.4) is 0 Å². The van der Waals surface area contributed by atoms with Gasteiger partial charge in [0.25, 0.3) is 0 Å². The van der Waals surface area contributed by atoms with Crippen molar-refractivity contribution in [1.29, 1.82) is 0 Å². The van der Waals surface area contributed by atoms with Crippen LogP contribution in [0, 0.1) is 29.1 Å². The number of aliphatic hydroxyl groups is 2. The summed E-state index contributed by atoms with van der Waals surface area (Å²) in [5, 5.41) is 33.0. The number of phenols is 1. The third-order valence-electron chi connectivity index (χ3n) is 9.69. The average Bonchev–Trinajstić information content (AvgIpc) is 2.89. The number of carbonyl (C=O) groups is 5. The van der Waals surface area contributed by atoms with Crippen LogP contribution in [0.1, 0.15) is 55.6 Å². The summed E-state index contributed by atoms with van der Waals surface area (Å²) in [6.45, 7) is 8.81. The summed E-state index contributed by atoms with van der Waals surface area (Å²) in [4.78, 5) is 70.3. The van der Waals surface area contributed by atoms with Crippen LogP contribution in [0.5, 0.6) is 11.5 Å². The molecule has 2 unspecified atom stereocenters. The number of nitrogens with two attached hydrogens (primary N) is 1. The Balaban J connectivity index is 1.82. The highest BCUT2D eigenvalue weighted by Crippen LogP contribution is 2.52. The topological polar surface area (TPSA) is 188 Å². The number of rotatable bonds is 8. The van der Waals surface area contributed by atoms with Gasteiger partial charge in [-0.1, -0.05) is 27.7 Å². The van der Waals surface area contributed by atoms with Gasteiger partial charge in [0.05, 0.1) is 31.2 Å². The van der Waals surface area contributed by atoms with Crippen LogP contribution < -0.4 is 10.5 Å². The van der Waals surface area contributed by atoms with E-state index < -0.39 is 64.4 Å². The lowest BCUT2D eigenvalue weighted by Crippen LogP contribution is -2.74. The van der Waals surface area contributed by atoms with E-state index in [1.54, 1.807) is 14.1 Å². The summed E-state index contributed by atoms with van der Waals surface area (Å²) >= 11 is 0. The fraction of sp³-hybridized carbons (Fsp3) is 0.645. The second kappa shape index (κ2) is 11.4. The van der Waals surface area contributed by atoms with E-state index in [1.807, 2.05) is 27.7 Å². The highest BCUT2D eigenvalue weighted by molar-refractivity contribution is 6.32. The second-order valence-electron chi connectivity index (χ2n) is 13.4. The van der Waals surface area contributed by atoms with Crippen molar-refractivity contribution in [2.24, 2.45) is 34.8 Å². The SMILES string of the molecule is CCN(Cc1cc(O)c2c(c1OC)C[C@H]1C[C@H]3[C@H](N(C)C)C(=O)C(C(N)=O)C(=O)[C@@]3(O)C(=O)C1C2=O)[C@H](CO)C(C)(C)C. The zero-order valence-corrected chi connectivity index (χ0v) is 25.8. The highest BCUT2D eigenvalue weighted by Gasteiger charge is 2.69. The first-order chi connectivity index (χ1) is 20.0. The number of benzene rings is 1.